The number of para-hydroxylation sites is 1. The van der Waals surface area contributed by atoms with E-state index >= 15 is 0 Å². The molecule has 1 amide bonds. The van der Waals surface area contributed by atoms with Crippen molar-refractivity contribution in [3.8, 4) is 0 Å². The van der Waals surface area contributed by atoms with E-state index in [1.54, 1.807) is 0 Å². The summed E-state index contributed by atoms with van der Waals surface area (Å²) in [5, 5.41) is 8.13. The summed E-state index contributed by atoms with van der Waals surface area (Å²) in [6.07, 6.45) is 1.82. The zero-order valence-corrected chi connectivity index (χ0v) is 14.7. The molecule has 5 nitrogen and oxygen atoms in total. The highest BCUT2D eigenvalue weighted by Crippen LogP contribution is 2.44. The first-order valence-electron chi connectivity index (χ1n) is 7.86. The van der Waals surface area contributed by atoms with Crippen molar-refractivity contribution in [2.75, 3.05) is 11.4 Å². The molecular formula is C18H18N4OS. The maximum Gasteiger partial charge on any atom is 0.259 e. The van der Waals surface area contributed by atoms with E-state index in [2.05, 4.69) is 30.1 Å². The lowest BCUT2D eigenvalue weighted by molar-refractivity contribution is 0.0983. The highest BCUT2D eigenvalue weighted by atomic mass is 32.2. The Labute approximate surface area is 144 Å². The van der Waals surface area contributed by atoms with Gasteiger partial charge in [0.2, 0.25) is 0 Å². The number of anilines is 1. The number of aromatic nitrogens is 3. The van der Waals surface area contributed by atoms with E-state index in [9.17, 15) is 4.79 Å². The zero-order valence-electron chi connectivity index (χ0n) is 13.9. The predicted molar refractivity (Wildman–Crippen MR) is 95.8 cm³/mol. The van der Waals surface area contributed by atoms with Crippen LogP contribution in [0.1, 0.15) is 30.0 Å². The molecule has 0 saturated carbocycles. The molecule has 4 rings (SSSR count). The summed E-state index contributed by atoms with van der Waals surface area (Å²) < 4.78 is 1.82. The largest absolute Gasteiger partial charge is 0.306 e. The maximum atomic E-state index is 13.2. The molecule has 0 atom stereocenters. The van der Waals surface area contributed by atoms with Crippen molar-refractivity contribution in [2.45, 2.75) is 30.4 Å². The second-order valence-electron chi connectivity index (χ2n) is 6.61. The minimum atomic E-state index is -0.0272. The first kappa shape index (κ1) is 15.2. The molecule has 3 aromatic rings. The maximum absolute atomic E-state index is 13.2. The predicted octanol–water partition coefficient (Wildman–Crippen LogP) is 3.57. The molecule has 0 unspecified atom stereocenters. The standard InChI is InChI=1S/C18H18N4OS/c1-12-19-20-16-9-8-13(10-21(12)16)17(23)22-11-18(2,3)24-15-7-5-4-6-14(15)22/h4-10H,11H2,1-3H3. The van der Waals surface area contributed by atoms with Crippen LogP contribution in [0.2, 0.25) is 0 Å². The van der Waals surface area contributed by atoms with E-state index in [4.69, 9.17) is 0 Å². The molecule has 2 aromatic heterocycles. The number of pyridine rings is 1. The molecule has 1 aliphatic rings. The lowest BCUT2D eigenvalue weighted by atomic mass is 10.1. The molecular weight excluding hydrogens is 320 g/mol. The minimum Gasteiger partial charge on any atom is -0.306 e. The first-order chi connectivity index (χ1) is 11.4. The van der Waals surface area contributed by atoms with Gasteiger partial charge in [0.25, 0.3) is 5.91 Å². The second-order valence-corrected chi connectivity index (χ2v) is 8.36. The van der Waals surface area contributed by atoms with Crippen LogP contribution in [0.4, 0.5) is 5.69 Å². The highest BCUT2D eigenvalue weighted by molar-refractivity contribution is 8.00. The van der Waals surface area contributed by atoms with Gasteiger partial charge in [0.1, 0.15) is 5.82 Å². The molecule has 1 aliphatic heterocycles. The number of fused-ring (bicyclic) bond motifs is 2. The fraction of sp³-hybridized carbons (Fsp3) is 0.278. The number of nitrogens with zero attached hydrogens (tertiary/aromatic N) is 4. The van der Waals surface area contributed by atoms with Crippen LogP contribution in [0.3, 0.4) is 0 Å². The number of aryl methyl sites for hydroxylation is 1. The van der Waals surface area contributed by atoms with Gasteiger partial charge in [-0.25, -0.2) is 0 Å². The molecule has 0 aliphatic carbocycles. The Balaban J connectivity index is 1.79. The molecule has 0 fully saturated rings. The average molecular weight is 338 g/mol. The number of carbonyl (C=O) groups is 1. The average Bonchev–Trinajstić information content (AvgIpc) is 2.93. The number of amides is 1. The van der Waals surface area contributed by atoms with Gasteiger partial charge in [-0.3, -0.25) is 9.20 Å². The van der Waals surface area contributed by atoms with Crippen LogP contribution in [0, 0.1) is 6.92 Å². The van der Waals surface area contributed by atoms with Crippen molar-refractivity contribution in [1.29, 1.82) is 0 Å². The molecule has 24 heavy (non-hydrogen) atoms. The van der Waals surface area contributed by atoms with Crippen LogP contribution >= 0.6 is 11.8 Å². The van der Waals surface area contributed by atoms with Gasteiger partial charge in [0.05, 0.1) is 11.3 Å². The van der Waals surface area contributed by atoms with Crippen molar-refractivity contribution in [3.05, 3.63) is 54.0 Å². The number of hydrogen-bond acceptors (Lipinski definition) is 4. The van der Waals surface area contributed by atoms with Crippen molar-refractivity contribution in [1.82, 2.24) is 14.6 Å². The fourth-order valence-corrected chi connectivity index (χ4v) is 4.25. The summed E-state index contributed by atoms with van der Waals surface area (Å²) >= 11 is 1.82. The van der Waals surface area contributed by atoms with E-state index in [-0.39, 0.29) is 10.7 Å². The van der Waals surface area contributed by atoms with Crippen LogP contribution in [0.15, 0.2) is 47.5 Å². The Morgan fingerprint density at radius 3 is 2.79 bits per heavy atom. The van der Waals surface area contributed by atoms with Gasteiger partial charge in [0.15, 0.2) is 5.65 Å². The van der Waals surface area contributed by atoms with Gasteiger partial charge < -0.3 is 4.90 Å². The van der Waals surface area contributed by atoms with Crippen LogP contribution < -0.4 is 4.90 Å². The molecule has 122 valence electrons. The third-order valence-electron chi connectivity index (χ3n) is 4.15. The quantitative estimate of drug-likeness (QED) is 0.681. The number of thioether (sulfide) groups is 1. The minimum absolute atomic E-state index is 0.00539. The summed E-state index contributed by atoms with van der Waals surface area (Å²) in [6.45, 7) is 6.89. The second kappa shape index (κ2) is 5.34. The van der Waals surface area contributed by atoms with Crippen LogP contribution in [0.5, 0.6) is 0 Å². The van der Waals surface area contributed by atoms with Crippen molar-refractivity contribution < 1.29 is 4.79 Å². The number of rotatable bonds is 1. The van der Waals surface area contributed by atoms with Gasteiger partial charge in [-0.15, -0.1) is 22.0 Å². The smallest absolute Gasteiger partial charge is 0.259 e. The zero-order chi connectivity index (χ0) is 16.9. The van der Waals surface area contributed by atoms with Gasteiger partial charge in [-0.1, -0.05) is 12.1 Å². The van der Waals surface area contributed by atoms with Gasteiger partial charge in [-0.05, 0) is 45.0 Å². The molecule has 0 spiro atoms. The molecule has 0 N–H and O–H groups in total. The number of carbonyl (C=O) groups excluding carboxylic acids is 1. The summed E-state index contributed by atoms with van der Waals surface area (Å²) in [5.74, 6) is 0.778. The summed E-state index contributed by atoms with van der Waals surface area (Å²) in [6, 6.07) is 11.7. The Hall–Kier alpha value is -2.34. The van der Waals surface area contributed by atoms with Crippen molar-refractivity contribution in [2.24, 2.45) is 0 Å². The molecule has 0 radical (unpaired) electrons. The van der Waals surface area contributed by atoms with Crippen LogP contribution in [-0.2, 0) is 0 Å². The summed E-state index contributed by atoms with van der Waals surface area (Å²) in [4.78, 5) is 16.2. The Morgan fingerprint density at radius 1 is 1.17 bits per heavy atom. The van der Waals surface area contributed by atoms with Crippen molar-refractivity contribution in [3.63, 3.8) is 0 Å². The van der Waals surface area contributed by atoms with E-state index < -0.39 is 0 Å². The summed E-state index contributed by atoms with van der Waals surface area (Å²) in [7, 11) is 0. The number of benzene rings is 1. The van der Waals surface area contributed by atoms with E-state index in [1.165, 1.54) is 0 Å². The molecule has 0 bridgehead atoms. The molecule has 1 aromatic carbocycles. The Kier molecular flexibility index (Phi) is 3.38. The van der Waals surface area contributed by atoms with Gasteiger partial charge in [-0.2, -0.15) is 0 Å². The summed E-state index contributed by atoms with van der Waals surface area (Å²) in [5.41, 5.74) is 2.37. The van der Waals surface area contributed by atoms with Gasteiger partial charge in [0, 0.05) is 22.4 Å². The third-order valence-corrected chi connectivity index (χ3v) is 5.39. The molecule has 6 heteroatoms. The van der Waals surface area contributed by atoms with Crippen LogP contribution in [0.25, 0.3) is 5.65 Å². The van der Waals surface area contributed by atoms with E-state index in [0.717, 1.165) is 22.1 Å². The fourth-order valence-electron chi connectivity index (χ4n) is 3.03. The Morgan fingerprint density at radius 2 is 1.96 bits per heavy atom. The highest BCUT2D eigenvalue weighted by Gasteiger charge is 2.34. The first-order valence-corrected chi connectivity index (χ1v) is 8.68. The third kappa shape index (κ3) is 2.47. The monoisotopic (exact) mass is 338 g/mol. The van der Waals surface area contributed by atoms with Gasteiger partial charge >= 0.3 is 0 Å². The lowest BCUT2D eigenvalue weighted by Crippen LogP contribution is -2.43. The molecule has 3 heterocycles. The number of hydrogen-bond donors (Lipinski definition) is 0. The molecule has 0 saturated heterocycles. The Bertz CT molecular complexity index is 947. The van der Waals surface area contributed by atoms with Crippen molar-refractivity contribution >= 4 is 29.0 Å². The normalized spacial score (nSPS) is 16.2. The lowest BCUT2D eigenvalue weighted by Gasteiger charge is -2.38. The van der Waals surface area contributed by atoms with Crippen LogP contribution in [-0.4, -0.2) is 31.8 Å². The SMILES string of the molecule is Cc1nnc2ccc(C(=O)N3CC(C)(C)Sc4ccccc43)cn12. The van der Waals surface area contributed by atoms with E-state index in [1.807, 2.05) is 64.5 Å². The topological polar surface area (TPSA) is 50.5 Å². The van der Waals surface area contributed by atoms with E-state index in [0.29, 0.717) is 12.1 Å².